The Bertz CT molecular complexity index is 470. The molecule has 0 spiro atoms. The van der Waals surface area contributed by atoms with Crippen molar-refractivity contribution < 1.29 is 9.18 Å². The number of rotatable bonds is 8. The second-order valence-electron chi connectivity index (χ2n) is 6.23. The van der Waals surface area contributed by atoms with Gasteiger partial charge in [-0.25, -0.2) is 4.39 Å². The van der Waals surface area contributed by atoms with E-state index in [4.69, 9.17) is 0 Å². The standard InChI is InChI=1S/C18H28FN3O/c1-2-3-4-5-10-21-11-13-22(14-12-21)15-18(23)20-17-8-6-16(19)7-9-17/h6-9H,2-5,10-15H2,1H3,(H,20,23). The molecule has 0 atom stereocenters. The van der Waals surface area contributed by atoms with Crippen molar-refractivity contribution in [1.82, 2.24) is 9.80 Å². The molecule has 23 heavy (non-hydrogen) atoms. The molecule has 2 rings (SSSR count). The average Bonchev–Trinajstić information content (AvgIpc) is 2.55. The lowest BCUT2D eigenvalue weighted by Gasteiger charge is -2.34. The van der Waals surface area contributed by atoms with E-state index in [2.05, 4.69) is 22.0 Å². The van der Waals surface area contributed by atoms with Crippen LogP contribution >= 0.6 is 0 Å². The normalized spacial score (nSPS) is 16.4. The molecule has 128 valence electrons. The number of benzene rings is 1. The van der Waals surface area contributed by atoms with Crippen LogP contribution in [0.15, 0.2) is 24.3 Å². The van der Waals surface area contributed by atoms with E-state index in [1.54, 1.807) is 12.1 Å². The molecule has 0 unspecified atom stereocenters. The minimum absolute atomic E-state index is 0.0343. The number of carbonyl (C=O) groups is 1. The van der Waals surface area contributed by atoms with Gasteiger partial charge in [0.15, 0.2) is 0 Å². The Morgan fingerprint density at radius 1 is 1.04 bits per heavy atom. The zero-order valence-electron chi connectivity index (χ0n) is 14.1. The average molecular weight is 321 g/mol. The predicted molar refractivity (Wildman–Crippen MR) is 92.1 cm³/mol. The number of nitrogens with one attached hydrogen (secondary N) is 1. The fourth-order valence-corrected chi connectivity index (χ4v) is 2.87. The maximum absolute atomic E-state index is 12.8. The van der Waals surface area contributed by atoms with E-state index in [0.29, 0.717) is 12.2 Å². The topological polar surface area (TPSA) is 35.6 Å². The molecule has 0 aliphatic carbocycles. The van der Waals surface area contributed by atoms with Crippen molar-refractivity contribution in [3.8, 4) is 0 Å². The Morgan fingerprint density at radius 2 is 1.70 bits per heavy atom. The lowest BCUT2D eigenvalue weighted by molar-refractivity contribution is -0.117. The van der Waals surface area contributed by atoms with Crippen LogP contribution in [0.3, 0.4) is 0 Å². The minimum atomic E-state index is -0.293. The molecule has 0 aromatic heterocycles. The van der Waals surface area contributed by atoms with Gasteiger partial charge in [0.1, 0.15) is 5.82 Å². The summed E-state index contributed by atoms with van der Waals surface area (Å²) in [7, 11) is 0. The first-order valence-electron chi connectivity index (χ1n) is 8.67. The van der Waals surface area contributed by atoms with Gasteiger partial charge in [0.05, 0.1) is 6.54 Å². The van der Waals surface area contributed by atoms with Crippen LogP contribution in [0.25, 0.3) is 0 Å². The molecule has 1 heterocycles. The number of unbranched alkanes of at least 4 members (excludes halogenated alkanes) is 3. The first kappa shape index (κ1) is 17.9. The van der Waals surface area contributed by atoms with Gasteiger partial charge in [-0.2, -0.15) is 0 Å². The molecule has 1 N–H and O–H groups in total. The Labute approximate surface area is 138 Å². The highest BCUT2D eigenvalue weighted by molar-refractivity contribution is 5.92. The van der Waals surface area contributed by atoms with Gasteiger partial charge in [0, 0.05) is 31.9 Å². The van der Waals surface area contributed by atoms with E-state index in [0.717, 1.165) is 26.2 Å². The molecule has 1 aromatic rings. The quantitative estimate of drug-likeness (QED) is 0.748. The molecule has 1 aromatic carbocycles. The van der Waals surface area contributed by atoms with Crippen molar-refractivity contribution in [2.45, 2.75) is 32.6 Å². The highest BCUT2D eigenvalue weighted by atomic mass is 19.1. The lowest BCUT2D eigenvalue weighted by Crippen LogP contribution is -2.48. The Balaban J connectivity index is 1.63. The van der Waals surface area contributed by atoms with Crippen LogP contribution in [-0.4, -0.2) is 55.0 Å². The maximum atomic E-state index is 12.8. The lowest BCUT2D eigenvalue weighted by atomic mass is 10.2. The summed E-state index contributed by atoms with van der Waals surface area (Å²) in [5.41, 5.74) is 0.644. The summed E-state index contributed by atoms with van der Waals surface area (Å²) in [5, 5.41) is 2.82. The first-order chi connectivity index (χ1) is 11.2. The van der Waals surface area contributed by atoms with Gasteiger partial charge < -0.3 is 10.2 Å². The number of anilines is 1. The monoisotopic (exact) mass is 321 g/mol. The van der Waals surface area contributed by atoms with Crippen LogP contribution < -0.4 is 5.32 Å². The predicted octanol–water partition coefficient (Wildman–Crippen LogP) is 2.96. The second kappa shape index (κ2) is 9.63. The molecule has 1 aliphatic heterocycles. The summed E-state index contributed by atoms with van der Waals surface area (Å²) >= 11 is 0. The summed E-state index contributed by atoms with van der Waals surface area (Å²) < 4.78 is 12.8. The molecule has 0 saturated carbocycles. The van der Waals surface area contributed by atoms with Crippen molar-refractivity contribution >= 4 is 11.6 Å². The number of halogens is 1. The molecular formula is C18H28FN3O. The van der Waals surface area contributed by atoms with Gasteiger partial charge in [-0.1, -0.05) is 26.2 Å². The van der Waals surface area contributed by atoms with Gasteiger partial charge in [-0.15, -0.1) is 0 Å². The SMILES string of the molecule is CCCCCCN1CCN(CC(=O)Nc2ccc(F)cc2)CC1. The fourth-order valence-electron chi connectivity index (χ4n) is 2.87. The summed E-state index contributed by atoms with van der Waals surface area (Å²) in [5.74, 6) is -0.328. The van der Waals surface area contributed by atoms with Crippen molar-refractivity contribution in [3.63, 3.8) is 0 Å². The number of piperazine rings is 1. The first-order valence-corrected chi connectivity index (χ1v) is 8.67. The van der Waals surface area contributed by atoms with Crippen molar-refractivity contribution in [1.29, 1.82) is 0 Å². The highest BCUT2D eigenvalue weighted by Gasteiger charge is 2.18. The molecule has 1 amide bonds. The minimum Gasteiger partial charge on any atom is -0.325 e. The second-order valence-corrected chi connectivity index (χ2v) is 6.23. The van der Waals surface area contributed by atoms with E-state index in [1.165, 1.54) is 44.4 Å². The molecule has 1 fully saturated rings. The molecule has 5 heteroatoms. The van der Waals surface area contributed by atoms with Gasteiger partial charge in [-0.05, 0) is 37.2 Å². The van der Waals surface area contributed by atoms with Crippen LogP contribution in [0.5, 0.6) is 0 Å². The molecule has 1 saturated heterocycles. The van der Waals surface area contributed by atoms with Crippen LogP contribution in [0.4, 0.5) is 10.1 Å². The number of carbonyl (C=O) groups excluding carboxylic acids is 1. The zero-order valence-corrected chi connectivity index (χ0v) is 14.1. The smallest absolute Gasteiger partial charge is 0.238 e. The highest BCUT2D eigenvalue weighted by Crippen LogP contribution is 2.09. The van der Waals surface area contributed by atoms with E-state index < -0.39 is 0 Å². The van der Waals surface area contributed by atoms with Crippen LogP contribution in [0.1, 0.15) is 32.6 Å². The van der Waals surface area contributed by atoms with Gasteiger partial charge in [0.25, 0.3) is 0 Å². The van der Waals surface area contributed by atoms with Crippen LogP contribution in [-0.2, 0) is 4.79 Å². The number of amides is 1. The van der Waals surface area contributed by atoms with E-state index in [-0.39, 0.29) is 11.7 Å². The maximum Gasteiger partial charge on any atom is 0.238 e. The Hall–Kier alpha value is -1.46. The number of hydrogen-bond donors (Lipinski definition) is 1. The molecule has 0 radical (unpaired) electrons. The number of nitrogens with zero attached hydrogens (tertiary/aromatic N) is 2. The molecular weight excluding hydrogens is 293 g/mol. The largest absolute Gasteiger partial charge is 0.325 e. The zero-order chi connectivity index (χ0) is 16.5. The Kier molecular flexibility index (Phi) is 7.49. The van der Waals surface area contributed by atoms with Crippen LogP contribution in [0.2, 0.25) is 0 Å². The van der Waals surface area contributed by atoms with E-state index >= 15 is 0 Å². The summed E-state index contributed by atoms with van der Waals surface area (Å²) in [4.78, 5) is 16.7. The van der Waals surface area contributed by atoms with E-state index in [1.807, 2.05) is 0 Å². The molecule has 1 aliphatic rings. The fraction of sp³-hybridized carbons (Fsp3) is 0.611. The van der Waals surface area contributed by atoms with Crippen LogP contribution in [0, 0.1) is 5.82 Å². The van der Waals surface area contributed by atoms with E-state index in [9.17, 15) is 9.18 Å². The number of hydrogen-bond acceptors (Lipinski definition) is 3. The Morgan fingerprint density at radius 3 is 2.35 bits per heavy atom. The third-order valence-electron chi connectivity index (χ3n) is 4.29. The molecule has 4 nitrogen and oxygen atoms in total. The van der Waals surface area contributed by atoms with Crippen molar-refractivity contribution in [3.05, 3.63) is 30.1 Å². The third kappa shape index (κ3) is 6.67. The van der Waals surface area contributed by atoms with Crippen molar-refractivity contribution in [2.75, 3.05) is 44.6 Å². The summed E-state index contributed by atoms with van der Waals surface area (Å²) in [6, 6.07) is 5.88. The summed E-state index contributed by atoms with van der Waals surface area (Å²) in [6.45, 7) is 7.76. The van der Waals surface area contributed by atoms with Gasteiger partial charge >= 0.3 is 0 Å². The van der Waals surface area contributed by atoms with Gasteiger partial charge in [0.2, 0.25) is 5.91 Å². The summed E-state index contributed by atoms with van der Waals surface area (Å²) in [6.07, 6.45) is 5.19. The van der Waals surface area contributed by atoms with Crippen molar-refractivity contribution in [2.24, 2.45) is 0 Å². The van der Waals surface area contributed by atoms with Gasteiger partial charge in [-0.3, -0.25) is 9.69 Å². The molecule has 0 bridgehead atoms. The third-order valence-corrected chi connectivity index (χ3v) is 4.29.